The maximum absolute atomic E-state index is 9.90. The zero-order chi connectivity index (χ0) is 11.4. The van der Waals surface area contributed by atoms with E-state index in [0.29, 0.717) is 12.8 Å². The fourth-order valence-electron chi connectivity index (χ4n) is 0.552. The van der Waals surface area contributed by atoms with Crippen LogP contribution in [0, 0.1) is 0 Å². The number of hydrazine groups is 1. The summed E-state index contributed by atoms with van der Waals surface area (Å²) < 4.78 is 0. The topological polar surface area (TPSA) is 113 Å². The van der Waals surface area contributed by atoms with Gasteiger partial charge in [0.05, 0.1) is 0 Å². The Kier molecular flexibility index (Phi) is 13.0. The van der Waals surface area contributed by atoms with Gasteiger partial charge in [0, 0.05) is 19.4 Å². The lowest BCUT2D eigenvalue weighted by atomic mass is 10.2. The van der Waals surface area contributed by atoms with Gasteiger partial charge in [-0.05, 0) is 12.8 Å². The Morgan fingerprint density at radius 3 is 1.57 bits per heavy atom. The minimum absolute atomic E-state index is 0.0628. The summed E-state index contributed by atoms with van der Waals surface area (Å²) in [6, 6.07) is 0. The van der Waals surface area contributed by atoms with E-state index in [9.17, 15) is 9.59 Å². The predicted molar refractivity (Wildman–Crippen MR) is 51.6 cm³/mol. The van der Waals surface area contributed by atoms with Crippen LogP contribution in [0.25, 0.3) is 0 Å². The van der Waals surface area contributed by atoms with Crippen molar-refractivity contribution in [1.29, 1.82) is 0 Å². The van der Waals surface area contributed by atoms with Crippen molar-refractivity contribution >= 4 is 11.9 Å². The summed E-state index contributed by atoms with van der Waals surface area (Å²) >= 11 is 0. The molecule has 0 amide bonds. The second-order valence-corrected chi connectivity index (χ2v) is 2.55. The summed E-state index contributed by atoms with van der Waals surface area (Å²) in [6.07, 6.45) is 1.02. The van der Waals surface area contributed by atoms with Gasteiger partial charge in [-0.15, -0.1) is 0 Å². The predicted octanol–water partition coefficient (Wildman–Crippen LogP) is 0.186. The molecule has 0 unspecified atom stereocenters. The number of carbonyl (C=O) groups is 2. The number of hydrogen-bond acceptors (Lipinski definition) is 4. The van der Waals surface area contributed by atoms with Crippen LogP contribution in [0.4, 0.5) is 0 Å². The fraction of sp³-hybridized carbons (Fsp3) is 0.750. The third-order valence-electron chi connectivity index (χ3n) is 1.24. The van der Waals surface area contributed by atoms with E-state index < -0.39 is 11.9 Å². The molecule has 0 aliphatic carbocycles. The molecule has 0 atom stereocenters. The highest BCUT2D eigenvalue weighted by atomic mass is 16.4. The van der Waals surface area contributed by atoms with Gasteiger partial charge in [0.2, 0.25) is 0 Å². The first-order valence-electron chi connectivity index (χ1n) is 4.41. The number of aliphatic carboxylic acids is 2. The first-order chi connectivity index (χ1) is 6.54. The summed E-state index contributed by atoms with van der Waals surface area (Å²) in [5, 5.41) is 16.3. The van der Waals surface area contributed by atoms with Crippen LogP contribution < -0.4 is 11.3 Å². The van der Waals surface area contributed by atoms with Crippen molar-refractivity contribution < 1.29 is 19.8 Å². The van der Waals surface area contributed by atoms with Gasteiger partial charge in [-0.3, -0.25) is 20.9 Å². The van der Waals surface area contributed by atoms with E-state index in [2.05, 4.69) is 5.43 Å². The second-order valence-electron chi connectivity index (χ2n) is 2.55. The Bertz CT molecular complexity index is 143. The van der Waals surface area contributed by atoms with E-state index in [-0.39, 0.29) is 12.8 Å². The van der Waals surface area contributed by atoms with Crippen LogP contribution in [0.15, 0.2) is 0 Å². The molecule has 0 aliphatic rings. The third-order valence-corrected chi connectivity index (χ3v) is 1.24. The molecule has 0 aromatic heterocycles. The highest BCUT2D eigenvalue weighted by Crippen LogP contribution is 1.98. The molecule has 84 valence electrons. The van der Waals surface area contributed by atoms with Gasteiger partial charge in [0.1, 0.15) is 0 Å². The molecule has 6 nitrogen and oxygen atoms in total. The molecule has 0 bridgehead atoms. The van der Waals surface area contributed by atoms with Gasteiger partial charge in [-0.25, -0.2) is 0 Å². The van der Waals surface area contributed by atoms with E-state index in [4.69, 9.17) is 16.1 Å². The Balaban J connectivity index is 0. The SMILES string of the molecule is CCNN.O=C(O)CCCCC(=O)O. The summed E-state index contributed by atoms with van der Waals surface area (Å²) in [4.78, 5) is 19.8. The van der Waals surface area contributed by atoms with Gasteiger partial charge in [-0.1, -0.05) is 6.92 Å². The minimum atomic E-state index is -0.870. The Morgan fingerprint density at radius 2 is 1.43 bits per heavy atom. The highest BCUT2D eigenvalue weighted by molar-refractivity contribution is 5.67. The smallest absolute Gasteiger partial charge is 0.303 e. The maximum Gasteiger partial charge on any atom is 0.303 e. The molecule has 0 aromatic carbocycles. The monoisotopic (exact) mass is 206 g/mol. The number of carboxylic acid groups (broad SMARTS) is 2. The normalized spacial score (nSPS) is 8.71. The lowest BCUT2D eigenvalue weighted by Crippen LogP contribution is -2.20. The summed E-state index contributed by atoms with van der Waals surface area (Å²) in [6.45, 7) is 2.79. The third kappa shape index (κ3) is 22.4. The molecule has 0 fully saturated rings. The quantitative estimate of drug-likeness (QED) is 0.280. The zero-order valence-corrected chi connectivity index (χ0v) is 8.32. The van der Waals surface area contributed by atoms with Crippen molar-refractivity contribution in [2.45, 2.75) is 32.6 Å². The summed E-state index contributed by atoms with van der Waals surface area (Å²) in [7, 11) is 0. The van der Waals surface area contributed by atoms with Crippen molar-refractivity contribution in [1.82, 2.24) is 5.43 Å². The molecule has 0 saturated heterocycles. The summed E-state index contributed by atoms with van der Waals surface area (Å²) in [5.74, 6) is 3.04. The van der Waals surface area contributed by atoms with Gasteiger partial charge in [-0.2, -0.15) is 0 Å². The largest absolute Gasteiger partial charge is 0.481 e. The van der Waals surface area contributed by atoms with Gasteiger partial charge >= 0.3 is 11.9 Å². The molecule has 14 heavy (non-hydrogen) atoms. The van der Waals surface area contributed by atoms with Crippen molar-refractivity contribution in [3.8, 4) is 0 Å². The molecule has 0 spiro atoms. The van der Waals surface area contributed by atoms with Crippen molar-refractivity contribution in [2.75, 3.05) is 6.54 Å². The fourth-order valence-corrected chi connectivity index (χ4v) is 0.552. The molecule has 0 heterocycles. The highest BCUT2D eigenvalue weighted by Gasteiger charge is 1.99. The molecular weight excluding hydrogens is 188 g/mol. The molecule has 5 N–H and O–H groups in total. The van der Waals surface area contributed by atoms with Crippen LogP contribution in [-0.4, -0.2) is 28.7 Å². The standard InChI is InChI=1S/C6H10O4.C2H8N2/c7-5(8)3-1-2-4-6(9)10;1-2-4-3/h1-4H2,(H,7,8)(H,9,10);4H,2-3H2,1H3. The molecule has 0 aliphatic heterocycles. The Hall–Kier alpha value is -1.14. The Morgan fingerprint density at radius 1 is 1.14 bits per heavy atom. The molecule has 0 aromatic rings. The summed E-state index contributed by atoms with van der Waals surface area (Å²) in [5.41, 5.74) is 2.43. The van der Waals surface area contributed by atoms with E-state index in [1.54, 1.807) is 0 Å². The van der Waals surface area contributed by atoms with Crippen molar-refractivity contribution in [3.63, 3.8) is 0 Å². The number of rotatable bonds is 6. The van der Waals surface area contributed by atoms with Crippen LogP contribution in [0.3, 0.4) is 0 Å². The lowest BCUT2D eigenvalue weighted by molar-refractivity contribution is -0.139. The maximum atomic E-state index is 9.90. The number of hydrogen-bond donors (Lipinski definition) is 4. The number of nitrogens with two attached hydrogens (primary N) is 1. The van der Waals surface area contributed by atoms with E-state index >= 15 is 0 Å². The van der Waals surface area contributed by atoms with Gasteiger partial charge < -0.3 is 10.2 Å². The number of unbranched alkanes of at least 4 members (excludes halogenated alkanes) is 1. The average molecular weight is 206 g/mol. The number of carboxylic acids is 2. The first kappa shape index (κ1) is 15.3. The van der Waals surface area contributed by atoms with Crippen molar-refractivity contribution in [3.05, 3.63) is 0 Å². The lowest BCUT2D eigenvalue weighted by Gasteiger charge is -1.92. The molecule has 0 rings (SSSR count). The van der Waals surface area contributed by atoms with Gasteiger partial charge in [0.15, 0.2) is 0 Å². The first-order valence-corrected chi connectivity index (χ1v) is 4.41. The van der Waals surface area contributed by atoms with Crippen LogP contribution in [0.2, 0.25) is 0 Å². The second kappa shape index (κ2) is 11.9. The van der Waals surface area contributed by atoms with Crippen LogP contribution >= 0.6 is 0 Å². The Labute approximate surface area is 83.1 Å². The minimum Gasteiger partial charge on any atom is -0.481 e. The van der Waals surface area contributed by atoms with Crippen LogP contribution in [0.5, 0.6) is 0 Å². The van der Waals surface area contributed by atoms with Gasteiger partial charge in [0.25, 0.3) is 0 Å². The average Bonchev–Trinajstić information content (AvgIpc) is 2.12. The van der Waals surface area contributed by atoms with Crippen LogP contribution in [0.1, 0.15) is 32.6 Å². The zero-order valence-electron chi connectivity index (χ0n) is 8.32. The molecule has 6 heteroatoms. The molecular formula is C8H18N2O4. The van der Waals surface area contributed by atoms with Crippen molar-refractivity contribution in [2.24, 2.45) is 5.84 Å². The van der Waals surface area contributed by atoms with E-state index in [1.807, 2.05) is 6.92 Å². The number of nitrogens with one attached hydrogen (secondary N) is 1. The molecule has 0 radical (unpaired) electrons. The van der Waals surface area contributed by atoms with E-state index in [0.717, 1.165) is 6.54 Å². The molecule has 0 saturated carbocycles. The van der Waals surface area contributed by atoms with Crippen LogP contribution in [-0.2, 0) is 9.59 Å². The van der Waals surface area contributed by atoms with E-state index in [1.165, 1.54) is 0 Å².